The monoisotopic (exact) mass is 430 g/mol. The van der Waals surface area contributed by atoms with E-state index in [1.165, 1.54) is 0 Å². The van der Waals surface area contributed by atoms with Crippen molar-refractivity contribution in [1.29, 1.82) is 5.26 Å². The molecule has 0 spiro atoms. The van der Waals surface area contributed by atoms with E-state index in [9.17, 15) is 10.1 Å². The number of rotatable bonds is 7. The summed E-state index contributed by atoms with van der Waals surface area (Å²) < 4.78 is 18.0. The Balaban J connectivity index is 1.76. The maximum Gasteiger partial charge on any atom is 0.262 e. The molecule has 1 aliphatic rings. The Morgan fingerprint density at radius 2 is 2.00 bits per heavy atom. The summed E-state index contributed by atoms with van der Waals surface area (Å²) in [6.07, 6.45) is 3.34. The van der Waals surface area contributed by atoms with Crippen molar-refractivity contribution in [2.75, 3.05) is 33.5 Å². The zero-order valence-electron chi connectivity index (χ0n) is 17.6. The van der Waals surface area contributed by atoms with Gasteiger partial charge in [-0.15, -0.1) is 0 Å². The van der Waals surface area contributed by atoms with E-state index in [2.05, 4.69) is 5.32 Å². The molecule has 0 saturated carbocycles. The van der Waals surface area contributed by atoms with Crippen molar-refractivity contribution in [2.45, 2.75) is 0 Å². The van der Waals surface area contributed by atoms with Crippen molar-refractivity contribution in [2.24, 2.45) is 0 Å². The summed E-state index contributed by atoms with van der Waals surface area (Å²) in [5.41, 5.74) is 2.86. The minimum Gasteiger partial charge on any atom is -0.486 e. The van der Waals surface area contributed by atoms with Gasteiger partial charge in [0.25, 0.3) is 5.91 Å². The third kappa shape index (κ3) is 4.63. The summed E-state index contributed by atoms with van der Waals surface area (Å²) in [4.78, 5) is 12.4. The molecule has 0 bridgehead atoms. The summed E-state index contributed by atoms with van der Waals surface area (Å²) >= 11 is 0. The molecule has 1 amide bonds. The van der Waals surface area contributed by atoms with Crippen LogP contribution in [0, 0.1) is 11.3 Å². The number of fused-ring (bicyclic) bond motifs is 1. The minimum absolute atomic E-state index is 0.0208. The first-order valence-electron chi connectivity index (χ1n) is 10.1. The Hall–Kier alpha value is -4.09. The van der Waals surface area contributed by atoms with E-state index in [1.807, 2.05) is 54.6 Å². The Bertz CT molecular complexity index is 1180. The summed E-state index contributed by atoms with van der Waals surface area (Å²) in [5.74, 6) is 0.843. The van der Waals surface area contributed by atoms with Crippen molar-refractivity contribution < 1.29 is 19.0 Å². The van der Waals surface area contributed by atoms with Gasteiger partial charge < -0.3 is 19.5 Å². The number of nitrogens with zero attached hydrogens (tertiary/aromatic N) is 3. The highest BCUT2D eigenvalue weighted by molar-refractivity contribution is 6.02. The van der Waals surface area contributed by atoms with Gasteiger partial charge in [-0.25, -0.2) is 4.68 Å². The summed E-state index contributed by atoms with van der Waals surface area (Å²) in [7, 11) is 1.55. The fourth-order valence-electron chi connectivity index (χ4n) is 3.29. The number of para-hydroxylation sites is 1. The molecule has 4 rings (SSSR count). The molecule has 1 aliphatic heterocycles. The molecule has 0 unspecified atom stereocenters. The molecule has 1 aromatic heterocycles. The Kier molecular flexibility index (Phi) is 6.49. The SMILES string of the molecule is COCCNC(=O)C(C#N)=Cc1cn(-c2ccccc2)nc1-c1ccc2c(c1)OCCO2. The van der Waals surface area contributed by atoms with Gasteiger partial charge in [0.1, 0.15) is 30.6 Å². The molecule has 2 aromatic carbocycles. The van der Waals surface area contributed by atoms with Crippen LogP contribution in [0.15, 0.2) is 60.3 Å². The zero-order valence-corrected chi connectivity index (χ0v) is 17.6. The van der Waals surface area contributed by atoms with E-state index in [0.29, 0.717) is 49.1 Å². The van der Waals surface area contributed by atoms with Crippen LogP contribution in [0.4, 0.5) is 0 Å². The second kappa shape index (κ2) is 9.81. The quantitative estimate of drug-likeness (QED) is 0.352. The third-order valence-electron chi connectivity index (χ3n) is 4.84. The Morgan fingerprint density at radius 3 is 2.75 bits per heavy atom. The first-order valence-corrected chi connectivity index (χ1v) is 10.1. The topological polar surface area (TPSA) is 98.4 Å². The largest absolute Gasteiger partial charge is 0.486 e. The summed E-state index contributed by atoms with van der Waals surface area (Å²) in [6, 6.07) is 17.2. The van der Waals surface area contributed by atoms with Crippen LogP contribution in [0.3, 0.4) is 0 Å². The number of amides is 1. The number of carbonyl (C=O) groups is 1. The third-order valence-corrected chi connectivity index (χ3v) is 4.84. The highest BCUT2D eigenvalue weighted by atomic mass is 16.6. The molecule has 8 heteroatoms. The van der Waals surface area contributed by atoms with Crippen LogP contribution in [0.1, 0.15) is 5.56 Å². The first kappa shape index (κ1) is 21.2. The molecule has 8 nitrogen and oxygen atoms in total. The molecule has 1 N–H and O–H groups in total. The van der Waals surface area contributed by atoms with Crippen LogP contribution in [-0.2, 0) is 9.53 Å². The lowest BCUT2D eigenvalue weighted by Gasteiger charge is -2.18. The molecule has 0 aliphatic carbocycles. The average molecular weight is 430 g/mol. The number of aromatic nitrogens is 2. The molecule has 0 fully saturated rings. The van der Waals surface area contributed by atoms with E-state index in [1.54, 1.807) is 24.1 Å². The summed E-state index contributed by atoms with van der Waals surface area (Å²) in [6.45, 7) is 1.65. The lowest BCUT2D eigenvalue weighted by Crippen LogP contribution is -2.27. The van der Waals surface area contributed by atoms with Crippen LogP contribution in [-0.4, -0.2) is 49.2 Å². The lowest BCUT2D eigenvalue weighted by molar-refractivity contribution is -0.117. The number of methoxy groups -OCH3 is 1. The van der Waals surface area contributed by atoms with Gasteiger partial charge in [0, 0.05) is 31.0 Å². The van der Waals surface area contributed by atoms with Gasteiger partial charge in [-0.05, 0) is 36.4 Å². The van der Waals surface area contributed by atoms with Gasteiger partial charge in [0.2, 0.25) is 0 Å². The highest BCUT2D eigenvalue weighted by Crippen LogP contribution is 2.35. The molecule has 162 valence electrons. The molecule has 32 heavy (non-hydrogen) atoms. The molecule has 0 radical (unpaired) electrons. The number of carbonyl (C=O) groups excluding carboxylic acids is 1. The molecule has 3 aromatic rings. The molecule has 2 heterocycles. The van der Waals surface area contributed by atoms with Crippen molar-refractivity contribution in [3.8, 4) is 34.5 Å². The van der Waals surface area contributed by atoms with Crippen LogP contribution >= 0.6 is 0 Å². The normalized spacial score (nSPS) is 12.8. The number of ether oxygens (including phenoxy) is 3. The van der Waals surface area contributed by atoms with Gasteiger partial charge >= 0.3 is 0 Å². The fraction of sp³-hybridized carbons (Fsp3) is 0.208. The van der Waals surface area contributed by atoms with Gasteiger partial charge in [-0.3, -0.25) is 4.79 Å². The standard InChI is InChI=1S/C24H22N4O4/c1-30-10-9-26-24(29)18(15-25)13-19-16-28(20-5-3-2-4-6-20)27-23(19)17-7-8-21-22(14-17)32-12-11-31-21/h2-8,13-14,16H,9-12H2,1H3,(H,26,29). The maximum absolute atomic E-state index is 12.4. The number of nitrogens with one attached hydrogen (secondary N) is 1. The number of hydrogen-bond acceptors (Lipinski definition) is 6. The lowest BCUT2D eigenvalue weighted by atomic mass is 10.0. The van der Waals surface area contributed by atoms with Crippen LogP contribution in [0.5, 0.6) is 11.5 Å². The van der Waals surface area contributed by atoms with Gasteiger partial charge in [0.05, 0.1) is 12.3 Å². The zero-order chi connectivity index (χ0) is 22.3. The fourth-order valence-corrected chi connectivity index (χ4v) is 3.29. The van der Waals surface area contributed by atoms with Crippen molar-refractivity contribution in [3.63, 3.8) is 0 Å². The van der Waals surface area contributed by atoms with Crippen LogP contribution in [0.25, 0.3) is 23.0 Å². The van der Waals surface area contributed by atoms with Gasteiger partial charge in [0.15, 0.2) is 11.5 Å². The number of nitriles is 1. The van der Waals surface area contributed by atoms with E-state index in [0.717, 1.165) is 11.3 Å². The highest BCUT2D eigenvalue weighted by Gasteiger charge is 2.18. The van der Waals surface area contributed by atoms with E-state index in [4.69, 9.17) is 19.3 Å². The van der Waals surface area contributed by atoms with Crippen LogP contribution < -0.4 is 14.8 Å². The van der Waals surface area contributed by atoms with E-state index < -0.39 is 5.91 Å². The predicted molar refractivity (Wildman–Crippen MR) is 118 cm³/mol. The smallest absolute Gasteiger partial charge is 0.262 e. The predicted octanol–water partition coefficient (Wildman–Crippen LogP) is 2.98. The Morgan fingerprint density at radius 1 is 1.22 bits per heavy atom. The molecule has 0 saturated heterocycles. The van der Waals surface area contributed by atoms with Crippen molar-refractivity contribution in [3.05, 3.63) is 65.9 Å². The van der Waals surface area contributed by atoms with Crippen LogP contribution in [0.2, 0.25) is 0 Å². The first-order chi connectivity index (χ1) is 15.7. The van der Waals surface area contributed by atoms with Crippen molar-refractivity contribution in [1.82, 2.24) is 15.1 Å². The molecule has 0 atom stereocenters. The van der Waals surface area contributed by atoms with Crippen molar-refractivity contribution >= 4 is 12.0 Å². The van der Waals surface area contributed by atoms with Gasteiger partial charge in [-0.1, -0.05) is 18.2 Å². The van der Waals surface area contributed by atoms with E-state index >= 15 is 0 Å². The number of benzene rings is 2. The van der Waals surface area contributed by atoms with E-state index in [-0.39, 0.29) is 5.57 Å². The summed E-state index contributed by atoms with van der Waals surface area (Å²) in [5, 5.41) is 17.0. The second-order valence-electron chi connectivity index (χ2n) is 6.99. The average Bonchev–Trinajstić information content (AvgIpc) is 3.26. The van der Waals surface area contributed by atoms with Gasteiger partial charge in [-0.2, -0.15) is 10.4 Å². The maximum atomic E-state index is 12.4. The minimum atomic E-state index is -0.467. The second-order valence-corrected chi connectivity index (χ2v) is 6.99. The molecular formula is C24H22N4O4. The molecular weight excluding hydrogens is 408 g/mol. The Labute approximate surface area is 185 Å². The number of hydrogen-bond donors (Lipinski definition) is 1.